The molecule has 1 heterocycles. The van der Waals surface area contributed by atoms with Gasteiger partial charge in [-0.05, 0) is 25.3 Å². The minimum Gasteiger partial charge on any atom is -0.453 e. The van der Waals surface area contributed by atoms with E-state index in [-0.39, 0.29) is 11.9 Å². The van der Waals surface area contributed by atoms with E-state index in [1.165, 1.54) is 12.7 Å². The average molecular weight is 333 g/mol. The van der Waals surface area contributed by atoms with E-state index in [4.69, 9.17) is 0 Å². The zero-order valence-corrected chi connectivity index (χ0v) is 14.2. The summed E-state index contributed by atoms with van der Waals surface area (Å²) in [4.78, 5) is 24.4. The largest absolute Gasteiger partial charge is 0.453 e. The summed E-state index contributed by atoms with van der Waals surface area (Å²) >= 11 is 1.65. The van der Waals surface area contributed by atoms with Crippen molar-refractivity contribution >= 4 is 23.3 Å². The number of thiophene rings is 1. The molecule has 0 fully saturated rings. The Morgan fingerprint density at radius 2 is 1.91 bits per heavy atom. The van der Waals surface area contributed by atoms with Crippen molar-refractivity contribution in [3.05, 3.63) is 57.8 Å². The van der Waals surface area contributed by atoms with Crippen LogP contribution in [-0.2, 0) is 9.53 Å². The first-order chi connectivity index (χ1) is 11.0. The van der Waals surface area contributed by atoms with E-state index in [0.717, 1.165) is 10.4 Å². The molecule has 5 nitrogen and oxygen atoms in total. The Kier molecular flexibility index (Phi) is 5.90. The molecular weight excluding hydrogens is 312 g/mol. The Bertz CT molecular complexity index is 653. The molecule has 0 saturated heterocycles. The summed E-state index contributed by atoms with van der Waals surface area (Å²) in [6.07, 6.45) is -0.738. The highest BCUT2D eigenvalue weighted by molar-refractivity contribution is 7.10. The Balaban J connectivity index is 2.17. The van der Waals surface area contributed by atoms with Crippen LogP contribution in [0.5, 0.6) is 0 Å². The van der Waals surface area contributed by atoms with E-state index in [1.807, 2.05) is 23.7 Å². The quantitative estimate of drug-likeness (QED) is 0.879. The highest BCUT2D eigenvalue weighted by atomic mass is 32.1. The molecule has 0 aliphatic rings. The van der Waals surface area contributed by atoms with E-state index < -0.39 is 12.1 Å². The summed E-state index contributed by atoms with van der Waals surface area (Å²) in [5, 5.41) is 6.18. The summed E-state index contributed by atoms with van der Waals surface area (Å²) < 4.78 is 4.46. The van der Waals surface area contributed by atoms with Crippen LogP contribution in [0, 0.1) is 6.92 Å². The van der Waals surface area contributed by atoms with Gasteiger partial charge in [-0.2, -0.15) is 0 Å². The molecular formula is C17H21N2O3S+. The fourth-order valence-corrected chi connectivity index (χ4v) is 3.09. The molecule has 1 aromatic heterocycles. The van der Waals surface area contributed by atoms with Crippen LogP contribution in [0.2, 0.25) is 0 Å². The van der Waals surface area contributed by atoms with Gasteiger partial charge in [-0.25, -0.2) is 4.79 Å². The number of carbonyl (C=O) groups is 2. The maximum Gasteiger partial charge on any atom is 0.413 e. The lowest BCUT2D eigenvalue weighted by Gasteiger charge is -2.19. The molecule has 3 N–H and O–H groups in total. The minimum absolute atomic E-state index is 0.00833. The molecule has 2 atom stereocenters. The molecule has 1 aromatic carbocycles. The Morgan fingerprint density at radius 1 is 1.22 bits per heavy atom. The summed E-state index contributed by atoms with van der Waals surface area (Å²) in [5.74, 6) is -0.370. The van der Waals surface area contributed by atoms with Crippen molar-refractivity contribution < 1.29 is 19.6 Å². The number of aryl methyl sites for hydroxylation is 1. The number of ether oxygens (including phenoxy) is 1. The summed E-state index contributed by atoms with van der Waals surface area (Å²) in [6.45, 7) is 3.81. The molecule has 2 amide bonds. The second kappa shape index (κ2) is 7.89. The fourth-order valence-electron chi connectivity index (χ4n) is 2.25. The van der Waals surface area contributed by atoms with Crippen LogP contribution in [0.1, 0.15) is 29.0 Å². The smallest absolute Gasteiger partial charge is 0.413 e. The first-order valence-corrected chi connectivity index (χ1v) is 8.23. The van der Waals surface area contributed by atoms with Gasteiger partial charge in [0.15, 0.2) is 6.04 Å². The number of methoxy groups -OCH3 is 1. The number of hydrogen-bond acceptors (Lipinski definition) is 4. The number of amides is 2. The average Bonchev–Trinajstić information content (AvgIpc) is 3.07. The van der Waals surface area contributed by atoms with Crippen LogP contribution in [0.3, 0.4) is 0 Å². The predicted octanol–water partition coefficient (Wildman–Crippen LogP) is 1.98. The molecule has 2 aromatic rings. The van der Waals surface area contributed by atoms with Gasteiger partial charge in [-0.3, -0.25) is 10.1 Å². The van der Waals surface area contributed by atoms with Gasteiger partial charge in [0.25, 0.3) is 5.91 Å². The van der Waals surface area contributed by atoms with E-state index in [9.17, 15) is 9.59 Å². The molecule has 0 saturated carbocycles. The molecule has 0 aliphatic heterocycles. The molecule has 6 heteroatoms. The SMILES string of the molecule is COC(=O)NC(=O)[C@@H](C)[NH2+][C@H](c1ccc(C)cc1)c1cccs1. The first kappa shape index (κ1) is 17.2. The minimum atomic E-state index is -0.738. The van der Waals surface area contributed by atoms with Gasteiger partial charge >= 0.3 is 6.09 Å². The van der Waals surface area contributed by atoms with E-state index >= 15 is 0 Å². The van der Waals surface area contributed by atoms with Crippen LogP contribution < -0.4 is 10.6 Å². The van der Waals surface area contributed by atoms with Gasteiger partial charge in [0.2, 0.25) is 0 Å². The monoisotopic (exact) mass is 333 g/mol. The number of alkyl carbamates (subject to hydrolysis) is 1. The lowest BCUT2D eigenvalue weighted by atomic mass is 10.0. The zero-order chi connectivity index (χ0) is 16.8. The Morgan fingerprint density at radius 3 is 2.48 bits per heavy atom. The van der Waals surface area contributed by atoms with Crippen LogP contribution in [0.25, 0.3) is 0 Å². The lowest BCUT2D eigenvalue weighted by molar-refractivity contribution is -0.704. The van der Waals surface area contributed by atoms with Gasteiger partial charge < -0.3 is 10.1 Å². The number of carbonyl (C=O) groups excluding carboxylic acids is 2. The molecule has 0 bridgehead atoms. The van der Waals surface area contributed by atoms with E-state index in [2.05, 4.69) is 40.4 Å². The van der Waals surface area contributed by atoms with Crippen LogP contribution in [0.15, 0.2) is 41.8 Å². The molecule has 122 valence electrons. The van der Waals surface area contributed by atoms with Crippen molar-refractivity contribution in [2.24, 2.45) is 0 Å². The summed E-state index contributed by atoms with van der Waals surface area (Å²) in [7, 11) is 1.23. The van der Waals surface area contributed by atoms with Crippen molar-refractivity contribution in [2.75, 3.05) is 7.11 Å². The van der Waals surface area contributed by atoms with Gasteiger partial charge in [-0.15, -0.1) is 11.3 Å². The van der Waals surface area contributed by atoms with Crippen molar-refractivity contribution in [3.8, 4) is 0 Å². The van der Waals surface area contributed by atoms with Crippen molar-refractivity contribution in [3.63, 3.8) is 0 Å². The number of benzene rings is 1. The van der Waals surface area contributed by atoms with Gasteiger partial charge in [0, 0.05) is 5.56 Å². The third-order valence-corrected chi connectivity index (χ3v) is 4.55. The van der Waals surface area contributed by atoms with Crippen molar-refractivity contribution in [1.29, 1.82) is 0 Å². The van der Waals surface area contributed by atoms with E-state index in [1.54, 1.807) is 18.3 Å². The highest BCUT2D eigenvalue weighted by Gasteiger charge is 2.26. The topological polar surface area (TPSA) is 72.0 Å². The third kappa shape index (κ3) is 4.64. The first-order valence-electron chi connectivity index (χ1n) is 7.35. The van der Waals surface area contributed by atoms with Gasteiger partial charge in [-0.1, -0.05) is 35.9 Å². The number of hydrogen-bond donors (Lipinski definition) is 2. The second-order valence-corrected chi connectivity index (χ2v) is 6.35. The molecule has 0 radical (unpaired) electrons. The Hall–Kier alpha value is -2.18. The lowest BCUT2D eigenvalue weighted by Crippen LogP contribution is -2.92. The number of rotatable bonds is 5. The maximum absolute atomic E-state index is 12.1. The summed E-state index contributed by atoms with van der Waals surface area (Å²) in [5.41, 5.74) is 2.31. The standard InChI is InChI=1S/C17H20N2O3S/c1-11-6-8-13(9-7-11)15(14-5-4-10-23-14)18-12(2)16(20)19-17(21)22-3/h4-10,12,15,18H,1-3H3,(H,19,20,21)/p+1/t12-,15-/m1/s1. The van der Waals surface area contributed by atoms with Gasteiger partial charge in [0.05, 0.1) is 12.0 Å². The van der Waals surface area contributed by atoms with Crippen LogP contribution in [-0.4, -0.2) is 25.2 Å². The van der Waals surface area contributed by atoms with Gasteiger partial charge in [0.1, 0.15) is 6.04 Å². The number of nitrogens with one attached hydrogen (secondary N) is 1. The predicted molar refractivity (Wildman–Crippen MR) is 89.3 cm³/mol. The molecule has 23 heavy (non-hydrogen) atoms. The van der Waals surface area contributed by atoms with Crippen molar-refractivity contribution in [2.45, 2.75) is 25.9 Å². The van der Waals surface area contributed by atoms with E-state index in [0.29, 0.717) is 0 Å². The van der Waals surface area contributed by atoms with Crippen molar-refractivity contribution in [1.82, 2.24) is 5.32 Å². The molecule has 0 unspecified atom stereocenters. The Labute approximate surface area is 139 Å². The number of imide groups is 1. The fraction of sp³-hybridized carbons (Fsp3) is 0.294. The molecule has 2 rings (SSSR count). The summed E-state index contributed by atoms with van der Waals surface area (Å²) in [6, 6.07) is 11.9. The highest BCUT2D eigenvalue weighted by Crippen LogP contribution is 2.23. The second-order valence-electron chi connectivity index (χ2n) is 5.37. The van der Waals surface area contributed by atoms with Crippen LogP contribution >= 0.6 is 11.3 Å². The molecule has 0 aliphatic carbocycles. The maximum atomic E-state index is 12.1. The normalized spacial score (nSPS) is 13.2. The number of nitrogens with two attached hydrogens (primary N) is 1. The zero-order valence-electron chi connectivity index (χ0n) is 13.4. The third-order valence-electron chi connectivity index (χ3n) is 3.59. The van der Waals surface area contributed by atoms with Crippen LogP contribution in [0.4, 0.5) is 4.79 Å². The number of quaternary nitrogens is 1. The molecule has 0 spiro atoms.